The zero-order chi connectivity index (χ0) is 24.4. The second kappa shape index (κ2) is 9.25. The fraction of sp³-hybridized carbons (Fsp3) is 0.423. The van der Waals surface area contributed by atoms with Crippen LogP contribution in [0.2, 0.25) is 0 Å². The molecule has 33 heavy (non-hydrogen) atoms. The molecule has 3 N–H and O–H groups in total. The van der Waals surface area contributed by atoms with E-state index in [1.54, 1.807) is 34.6 Å². The fourth-order valence-corrected chi connectivity index (χ4v) is 4.00. The highest BCUT2D eigenvalue weighted by Crippen LogP contribution is 2.44. The summed E-state index contributed by atoms with van der Waals surface area (Å²) in [5.41, 5.74) is 2.85. The summed E-state index contributed by atoms with van der Waals surface area (Å²) in [6.45, 7) is 8.71. The van der Waals surface area contributed by atoms with Crippen LogP contribution < -0.4 is 10.6 Å². The SMILES string of the molecule is CC(C)(CNC(=O)OCC1c2ccccc2-c2ccccc21)C(=O)NC(C(=O)O)C(C)(C)C. The number of rotatable bonds is 7. The number of amides is 2. The Morgan fingerprint density at radius 3 is 1.94 bits per heavy atom. The van der Waals surface area contributed by atoms with Crippen molar-refractivity contribution in [3.8, 4) is 11.1 Å². The summed E-state index contributed by atoms with van der Waals surface area (Å²) in [7, 11) is 0. The lowest BCUT2D eigenvalue weighted by Crippen LogP contribution is -2.54. The predicted molar refractivity (Wildman–Crippen MR) is 126 cm³/mol. The van der Waals surface area contributed by atoms with E-state index in [1.165, 1.54) is 0 Å². The van der Waals surface area contributed by atoms with E-state index in [4.69, 9.17) is 4.74 Å². The van der Waals surface area contributed by atoms with Gasteiger partial charge in [-0.25, -0.2) is 9.59 Å². The molecule has 2 aromatic carbocycles. The number of carboxylic acids is 1. The molecule has 0 saturated carbocycles. The van der Waals surface area contributed by atoms with Crippen LogP contribution in [0.1, 0.15) is 51.7 Å². The number of benzene rings is 2. The van der Waals surface area contributed by atoms with Gasteiger partial charge in [-0.05, 0) is 41.5 Å². The molecule has 1 atom stereocenters. The van der Waals surface area contributed by atoms with E-state index in [2.05, 4.69) is 22.8 Å². The highest BCUT2D eigenvalue weighted by molar-refractivity contribution is 5.88. The predicted octanol–water partition coefficient (Wildman–Crippen LogP) is 4.17. The van der Waals surface area contributed by atoms with Crippen LogP contribution in [0.3, 0.4) is 0 Å². The molecule has 0 fully saturated rings. The van der Waals surface area contributed by atoms with Crippen molar-refractivity contribution in [1.82, 2.24) is 10.6 Å². The van der Waals surface area contributed by atoms with Crippen LogP contribution in [-0.4, -0.2) is 42.3 Å². The molecule has 0 aliphatic heterocycles. The molecular weight excluding hydrogens is 420 g/mol. The van der Waals surface area contributed by atoms with Gasteiger partial charge in [-0.15, -0.1) is 0 Å². The molecule has 0 aromatic heterocycles. The molecule has 176 valence electrons. The number of hydrogen-bond donors (Lipinski definition) is 3. The molecule has 2 amide bonds. The molecule has 1 aliphatic rings. The quantitative estimate of drug-likeness (QED) is 0.585. The van der Waals surface area contributed by atoms with Crippen molar-refractivity contribution in [2.45, 2.75) is 46.6 Å². The van der Waals surface area contributed by atoms with E-state index in [0.717, 1.165) is 22.3 Å². The van der Waals surface area contributed by atoms with Crippen molar-refractivity contribution in [3.63, 3.8) is 0 Å². The lowest BCUT2D eigenvalue weighted by Gasteiger charge is -2.32. The molecule has 0 bridgehead atoms. The Balaban J connectivity index is 1.58. The van der Waals surface area contributed by atoms with Crippen LogP contribution in [0, 0.1) is 10.8 Å². The average Bonchev–Trinajstić information content (AvgIpc) is 3.07. The zero-order valence-electron chi connectivity index (χ0n) is 19.8. The van der Waals surface area contributed by atoms with Gasteiger partial charge in [0.1, 0.15) is 12.6 Å². The Bertz CT molecular complexity index is 1010. The molecule has 1 aliphatic carbocycles. The van der Waals surface area contributed by atoms with E-state index in [1.807, 2.05) is 36.4 Å². The molecule has 0 heterocycles. The second-order valence-corrected chi connectivity index (χ2v) is 10.2. The van der Waals surface area contributed by atoms with Gasteiger partial charge in [-0.2, -0.15) is 0 Å². The van der Waals surface area contributed by atoms with E-state index < -0.39 is 34.8 Å². The number of fused-ring (bicyclic) bond motifs is 3. The van der Waals surface area contributed by atoms with Crippen LogP contribution in [-0.2, 0) is 14.3 Å². The van der Waals surface area contributed by atoms with Gasteiger partial charge >= 0.3 is 12.1 Å². The minimum atomic E-state index is -1.10. The zero-order valence-corrected chi connectivity index (χ0v) is 19.8. The van der Waals surface area contributed by atoms with Crippen molar-refractivity contribution in [3.05, 3.63) is 59.7 Å². The summed E-state index contributed by atoms with van der Waals surface area (Å²) in [6.07, 6.45) is -0.622. The lowest BCUT2D eigenvalue weighted by atomic mass is 9.85. The maximum atomic E-state index is 12.7. The Morgan fingerprint density at radius 1 is 0.939 bits per heavy atom. The summed E-state index contributed by atoms with van der Waals surface area (Å²) in [4.78, 5) is 36.7. The number of carboxylic acid groups (broad SMARTS) is 1. The second-order valence-electron chi connectivity index (χ2n) is 10.2. The van der Waals surface area contributed by atoms with Gasteiger partial charge in [0, 0.05) is 12.5 Å². The molecule has 7 heteroatoms. The van der Waals surface area contributed by atoms with Crippen LogP contribution in [0.5, 0.6) is 0 Å². The molecule has 0 radical (unpaired) electrons. The topological polar surface area (TPSA) is 105 Å². The number of hydrogen-bond acceptors (Lipinski definition) is 4. The Hall–Kier alpha value is -3.35. The van der Waals surface area contributed by atoms with Gasteiger partial charge in [-0.3, -0.25) is 4.79 Å². The van der Waals surface area contributed by atoms with Crippen molar-refractivity contribution in [2.24, 2.45) is 10.8 Å². The third kappa shape index (κ3) is 5.35. The largest absolute Gasteiger partial charge is 0.480 e. The van der Waals surface area contributed by atoms with Gasteiger partial charge in [0.25, 0.3) is 0 Å². The summed E-state index contributed by atoms with van der Waals surface area (Å²) in [5.74, 6) is -1.61. The molecule has 3 rings (SSSR count). The average molecular weight is 453 g/mol. The van der Waals surface area contributed by atoms with Gasteiger partial charge in [0.15, 0.2) is 0 Å². The molecule has 0 spiro atoms. The van der Waals surface area contributed by atoms with Crippen LogP contribution in [0.15, 0.2) is 48.5 Å². The van der Waals surface area contributed by atoms with E-state index in [-0.39, 0.29) is 19.1 Å². The fourth-order valence-electron chi connectivity index (χ4n) is 4.00. The van der Waals surface area contributed by atoms with Gasteiger partial charge in [0.2, 0.25) is 5.91 Å². The Labute approximate surface area is 194 Å². The third-order valence-electron chi connectivity index (χ3n) is 6.02. The van der Waals surface area contributed by atoms with Crippen molar-refractivity contribution >= 4 is 18.0 Å². The maximum absolute atomic E-state index is 12.7. The molecule has 7 nitrogen and oxygen atoms in total. The number of nitrogens with one attached hydrogen (secondary N) is 2. The van der Waals surface area contributed by atoms with Crippen molar-refractivity contribution in [1.29, 1.82) is 0 Å². The lowest BCUT2D eigenvalue weighted by molar-refractivity contribution is -0.146. The van der Waals surface area contributed by atoms with Crippen LogP contribution >= 0.6 is 0 Å². The van der Waals surface area contributed by atoms with Crippen LogP contribution in [0.4, 0.5) is 4.79 Å². The number of carbonyl (C=O) groups excluding carboxylic acids is 2. The first-order valence-corrected chi connectivity index (χ1v) is 11.0. The minimum absolute atomic E-state index is 0.00594. The first kappa shape index (κ1) is 24.3. The first-order chi connectivity index (χ1) is 15.4. The number of alkyl carbamates (subject to hydrolysis) is 1. The van der Waals surface area contributed by atoms with Gasteiger partial charge < -0.3 is 20.5 Å². The highest BCUT2D eigenvalue weighted by Gasteiger charge is 2.37. The monoisotopic (exact) mass is 452 g/mol. The molecular formula is C26H32N2O5. The van der Waals surface area contributed by atoms with Crippen molar-refractivity contribution < 1.29 is 24.2 Å². The van der Waals surface area contributed by atoms with E-state index in [9.17, 15) is 19.5 Å². The van der Waals surface area contributed by atoms with E-state index in [0.29, 0.717) is 0 Å². The summed E-state index contributed by atoms with van der Waals surface area (Å²) >= 11 is 0. The molecule has 1 unspecified atom stereocenters. The molecule has 2 aromatic rings. The van der Waals surface area contributed by atoms with Gasteiger partial charge in [0.05, 0.1) is 5.41 Å². The van der Waals surface area contributed by atoms with Gasteiger partial charge in [-0.1, -0.05) is 69.3 Å². The number of carbonyl (C=O) groups is 3. The smallest absolute Gasteiger partial charge is 0.407 e. The van der Waals surface area contributed by atoms with Crippen molar-refractivity contribution in [2.75, 3.05) is 13.2 Å². The summed E-state index contributed by atoms with van der Waals surface area (Å²) in [5, 5.41) is 14.7. The summed E-state index contributed by atoms with van der Waals surface area (Å²) < 4.78 is 5.51. The Morgan fingerprint density at radius 2 is 1.45 bits per heavy atom. The Kier molecular flexibility index (Phi) is 6.81. The standard InChI is InChI=1S/C26H32N2O5/c1-25(2,3)21(22(29)30)28-23(31)26(4,5)15-27-24(32)33-14-20-18-12-8-6-10-16(18)17-11-7-9-13-19(17)20/h6-13,20-21H,14-15H2,1-5H3,(H,27,32)(H,28,31)(H,29,30). The van der Waals surface area contributed by atoms with E-state index >= 15 is 0 Å². The normalized spacial score (nSPS) is 14.1. The van der Waals surface area contributed by atoms with Crippen LogP contribution in [0.25, 0.3) is 11.1 Å². The third-order valence-corrected chi connectivity index (χ3v) is 6.02. The number of ether oxygens (including phenoxy) is 1. The molecule has 0 saturated heterocycles. The maximum Gasteiger partial charge on any atom is 0.407 e. The minimum Gasteiger partial charge on any atom is -0.480 e. The number of aliphatic carboxylic acids is 1. The highest BCUT2D eigenvalue weighted by atomic mass is 16.5. The first-order valence-electron chi connectivity index (χ1n) is 11.0. The summed E-state index contributed by atoms with van der Waals surface area (Å²) in [6, 6.07) is 15.1.